The summed E-state index contributed by atoms with van der Waals surface area (Å²) in [7, 11) is 2.02. The summed E-state index contributed by atoms with van der Waals surface area (Å²) < 4.78 is 0. The van der Waals surface area contributed by atoms with Crippen LogP contribution in [0.4, 0.5) is 0 Å². The van der Waals surface area contributed by atoms with E-state index in [9.17, 15) is 0 Å². The predicted octanol–water partition coefficient (Wildman–Crippen LogP) is 4.21. The Balaban J connectivity index is 4.80. The van der Waals surface area contributed by atoms with Crippen molar-refractivity contribution >= 4 is 0 Å². The summed E-state index contributed by atoms with van der Waals surface area (Å²) in [6, 6.07) is 0. The molecule has 0 N–H and O–H groups in total. The molecule has 16 heavy (non-hydrogen) atoms. The van der Waals surface area contributed by atoms with E-state index in [4.69, 9.17) is 0 Å². The smallest absolute Gasteiger partial charge is 0.0399 e. The van der Waals surface area contributed by atoms with Gasteiger partial charge in [0.15, 0.2) is 0 Å². The third kappa shape index (κ3) is 5.20. The van der Waals surface area contributed by atoms with Crippen molar-refractivity contribution in [1.82, 2.24) is 4.90 Å². The van der Waals surface area contributed by atoms with Gasteiger partial charge in [0.05, 0.1) is 0 Å². The lowest BCUT2D eigenvalue weighted by molar-refractivity contribution is 0.538. The molecule has 0 saturated heterocycles. The summed E-state index contributed by atoms with van der Waals surface area (Å²) in [6.45, 7) is 11.5. The highest BCUT2D eigenvalue weighted by Crippen LogP contribution is 2.11. The molecule has 0 amide bonds. The van der Waals surface area contributed by atoms with Crippen molar-refractivity contribution in [2.45, 2.75) is 13.8 Å². The van der Waals surface area contributed by atoms with Crippen LogP contribution in [0.1, 0.15) is 13.8 Å². The zero-order valence-corrected chi connectivity index (χ0v) is 10.5. The van der Waals surface area contributed by atoms with Crippen molar-refractivity contribution in [3.05, 3.63) is 73.2 Å². The van der Waals surface area contributed by atoms with Crippen LogP contribution in [-0.2, 0) is 0 Å². The molecule has 0 atom stereocenters. The highest BCUT2D eigenvalue weighted by molar-refractivity contribution is 5.26. The Bertz CT molecular complexity index is 340. The number of nitrogens with zero attached hydrogens (tertiary/aromatic N) is 1. The summed E-state index contributed by atoms with van der Waals surface area (Å²) in [6.07, 6.45) is 15.5. The van der Waals surface area contributed by atoms with Gasteiger partial charge in [0.2, 0.25) is 0 Å². The van der Waals surface area contributed by atoms with Gasteiger partial charge in [0.1, 0.15) is 0 Å². The van der Waals surface area contributed by atoms with Crippen molar-refractivity contribution in [1.29, 1.82) is 0 Å². The van der Waals surface area contributed by atoms with Gasteiger partial charge in [-0.05, 0) is 32.1 Å². The lowest BCUT2D eigenvalue weighted by Gasteiger charge is -2.20. The van der Waals surface area contributed by atoms with Crippen LogP contribution >= 0.6 is 0 Å². The molecule has 0 spiro atoms. The molecule has 0 rings (SSSR count). The monoisotopic (exact) mass is 215 g/mol. The van der Waals surface area contributed by atoms with Crippen molar-refractivity contribution in [3.63, 3.8) is 0 Å². The van der Waals surface area contributed by atoms with Gasteiger partial charge in [0.25, 0.3) is 0 Å². The molecule has 0 fully saturated rings. The topological polar surface area (TPSA) is 3.24 Å². The van der Waals surface area contributed by atoms with Gasteiger partial charge in [0, 0.05) is 18.4 Å². The molecule has 0 bridgehead atoms. The van der Waals surface area contributed by atoms with Gasteiger partial charge in [-0.3, -0.25) is 0 Å². The van der Waals surface area contributed by atoms with Gasteiger partial charge in [-0.25, -0.2) is 0 Å². The molecule has 0 aliphatic heterocycles. The Morgan fingerprint density at radius 1 is 1.06 bits per heavy atom. The van der Waals surface area contributed by atoms with Gasteiger partial charge < -0.3 is 4.90 Å². The summed E-state index contributed by atoms with van der Waals surface area (Å²) in [5, 5.41) is 0. The SMILES string of the molecule is C=C/C=C\C=C(/C)N(C)/C(C=C)=C/C=C\C. The summed E-state index contributed by atoms with van der Waals surface area (Å²) in [5.74, 6) is 0. The largest absolute Gasteiger partial charge is 0.348 e. The van der Waals surface area contributed by atoms with Gasteiger partial charge in [-0.2, -0.15) is 0 Å². The minimum atomic E-state index is 1.07. The number of rotatable bonds is 6. The van der Waals surface area contributed by atoms with Crippen LogP contribution in [-0.4, -0.2) is 11.9 Å². The lowest BCUT2D eigenvalue weighted by Crippen LogP contribution is -2.13. The van der Waals surface area contributed by atoms with Crippen LogP contribution in [0, 0.1) is 0 Å². The Morgan fingerprint density at radius 2 is 1.75 bits per heavy atom. The van der Waals surface area contributed by atoms with E-state index in [-0.39, 0.29) is 0 Å². The van der Waals surface area contributed by atoms with E-state index in [1.54, 1.807) is 6.08 Å². The van der Waals surface area contributed by atoms with E-state index in [2.05, 4.69) is 25.0 Å². The third-order valence-electron chi connectivity index (χ3n) is 2.17. The van der Waals surface area contributed by atoms with Crippen molar-refractivity contribution in [3.8, 4) is 0 Å². The Kier molecular flexibility index (Phi) is 7.60. The van der Waals surface area contributed by atoms with E-state index in [1.165, 1.54) is 0 Å². The standard InChI is InChI=1S/C15H21N/c1-6-9-11-12-14(4)16(5)15(8-3)13-10-7-2/h6-13H,1,3H2,2,4-5H3/b10-7-,11-9-,14-12+,15-13+. The van der Waals surface area contributed by atoms with E-state index < -0.39 is 0 Å². The van der Waals surface area contributed by atoms with Gasteiger partial charge in [-0.1, -0.05) is 43.5 Å². The van der Waals surface area contributed by atoms with Crippen LogP contribution in [0.3, 0.4) is 0 Å². The first kappa shape index (κ1) is 14.2. The highest BCUT2D eigenvalue weighted by atomic mass is 15.1. The quantitative estimate of drug-likeness (QED) is 0.600. The zero-order chi connectivity index (χ0) is 12.4. The van der Waals surface area contributed by atoms with Crippen LogP contribution in [0.2, 0.25) is 0 Å². The summed E-state index contributed by atoms with van der Waals surface area (Å²) in [5.41, 5.74) is 2.22. The second-order valence-corrected chi connectivity index (χ2v) is 3.31. The molecule has 0 aromatic heterocycles. The second-order valence-electron chi connectivity index (χ2n) is 3.31. The molecule has 0 aliphatic carbocycles. The van der Waals surface area contributed by atoms with Gasteiger partial charge in [-0.15, -0.1) is 0 Å². The summed E-state index contributed by atoms with van der Waals surface area (Å²) >= 11 is 0. The first-order valence-corrected chi connectivity index (χ1v) is 5.32. The van der Waals surface area contributed by atoms with E-state index in [0.717, 1.165) is 11.4 Å². The van der Waals surface area contributed by atoms with Crippen molar-refractivity contribution < 1.29 is 0 Å². The Hall–Kier alpha value is -1.76. The molecule has 1 nitrogen and oxygen atoms in total. The van der Waals surface area contributed by atoms with Crippen molar-refractivity contribution in [2.75, 3.05) is 7.05 Å². The molecule has 0 unspecified atom stereocenters. The number of hydrogen-bond acceptors (Lipinski definition) is 1. The van der Waals surface area contributed by atoms with Crippen molar-refractivity contribution in [2.24, 2.45) is 0 Å². The average molecular weight is 215 g/mol. The Labute approximate surface area is 99.5 Å². The lowest BCUT2D eigenvalue weighted by atomic mass is 10.3. The number of likely N-dealkylation sites (N-methyl/N-ethyl adjacent to an activating group) is 1. The maximum atomic E-state index is 3.81. The number of hydrogen-bond donors (Lipinski definition) is 0. The molecule has 0 aromatic rings. The highest BCUT2D eigenvalue weighted by Gasteiger charge is 2.00. The Morgan fingerprint density at radius 3 is 2.25 bits per heavy atom. The van der Waals surface area contributed by atoms with Crippen LogP contribution < -0.4 is 0 Å². The van der Waals surface area contributed by atoms with E-state index in [1.807, 2.05) is 56.5 Å². The molecule has 0 heterocycles. The molecule has 0 aromatic carbocycles. The van der Waals surface area contributed by atoms with E-state index >= 15 is 0 Å². The fourth-order valence-electron chi connectivity index (χ4n) is 1.10. The van der Waals surface area contributed by atoms with Gasteiger partial charge >= 0.3 is 0 Å². The third-order valence-corrected chi connectivity index (χ3v) is 2.17. The average Bonchev–Trinajstić information content (AvgIpc) is 2.30. The maximum Gasteiger partial charge on any atom is 0.0399 e. The fourth-order valence-corrected chi connectivity index (χ4v) is 1.10. The van der Waals surface area contributed by atoms with Crippen LogP contribution in [0.15, 0.2) is 73.2 Å². The summed E-state index contributed by atoms with van der Waals surface area (Å²) in [4.78, 5) is 2.08. The minimum Gasteiger partial charge on any atom is -0.348 e. The molecular formula is C15H21N. The molecule has 0 aliphatic rings. The second kappa shape index (κ2) is 8.54. The molecule has 1 heteroatoms. The number of allylic oxidation sites excluding steroid dienone is 9. The minimum absolute atomic E-state index is 1.07. The molecule has 0 radical (unpaired) electrons. The van der Waals surface area contributed by atoms with Crippen LogP contribution in [0.5, 0.6) is 0 Å². The predicted molar refractivity (Wildman–Crippen MR) is 74.0 cm³/mol. The maximum absolute atomic E-state index is 3.81. The zero-order valence-electron chi connectivity index (χ0n) is 10.5. The first-order valence-electron chi connectivity index (χ1n) is 5.32. The normalized spacial score (nSPS) is 13.4. The molecular weight excluding hydrogens is 194 g/mol. The fraction of sp³-hybridized carbons (Fsp3) is 0.200. The first-order chi connectivity index (χ1) is 7.67. The van der Waals surface area contributed by atoms with E-state index in [0.29, 0.717) is 0 Å². The molecule has 86 valence electrons. The molecule has 0 saturated carbocycles. The van der Waals surface area contributed by atoms with Crippen LogP contribution in [0.25, 0.3) is 0 Å².